The number of hydrogen-bond donors (Lipinski definition) is 0. The van der Waals surface area contributed by atoms with Crippen LogP contribution in [-0.4, -0.2) is 10.9 Å². The molecule has 22 heavy (non-hydrogen) atoms. The summed E-state index contributed by atoms with van der Waals surface area (Å²) in [6.07, 6.45) is 1.39. The second kappa shape index (κ2) is 6.26. The van der Waals surface area contributed by atoms with Crippen molar-refractivity contribution in [2.75, 3.05) is 0 Å². The highest BCUT2D eigenvalue weighted by Gasteiger charge is 2.16. The number of hydrogen-bond acceptors (Lipinski definition) is 4. The van der Waals surface area contributed by atoms with Crippen LogP contribution in [0, 0.1) is 6.92 Å². The number of nitrogens with zero attached hydrogens (tertiary/aromatic N) is 1. The highest BCUT2D eigenvalue weighted by Crippen LogP contribution is 2.20. The van der Waals surface area contributed by atoms with E-state index >= 15 is 0 Å². The van der Waals surface area contributed by atoms with E-state index in [1.54, 1.807) is 12.1 Å². The quantitative estimate of drug-likeness (QED) is 0.671. The molecule has 110 valence electrons. The van der Waals surface area contributed by atoms with Crippen LogP contribution in [0.3, 0.4) is 0 Å². The second-order valence-corrected chi connectivity index (χ2v) is 4.93. The van der Waals surface area contributed by atoms with Gasteiger partial charge in [-0.3, -0.25) is 4.79 Å². The third-order valence-electron chi connectivity index (χ3n) is 3.41. The predicted molar refractivity (Wildman–Crippen MR) is 81.9 cm³/mol. The normalized spacial score (nSPS) is 10.4. The highest BCUT2D eigenvalue weighted by molar-refractivity contribution is 6.08. The number of benzene rings is 2. The summed E-state index contributed by atoms with van der Waals surface area (Å²) in [5, 5.41) is 3.70. The SMILES string of the molecule is Cc1ccccc1OCc1ccccc1C(=O)c1ccon1. The number of ketones is 1. The van der Waals surface area contributed by atoms with E-state index in [9.17, 15) is 4.79 Å². The van der Waals surface area contributed by atoms with E-state index in [1.165, 1.54) is 6.26 Å². The van der Waals surface area contributed by atoms with Gasteiger partial charge in [0.15, 0.2) is 5.69 Å². The topological polar surface area (TPSA) is 52.3 Å². The van der Waals surface area contributed by atoms with Gasteiger partial charge in [0.05, 0.1) is 0 Å². The van der Waals surface area contributed by atoms with Gasteiger partial charge in [-0.2, -0.15) is 0 Å². The molecule has 0 spiro atoms. The van der Waals surface area contributed by atoms with Crippen molar-refractivity contribution in [3.8, 4) is 5.75 Å². The standard InChI is InChI=1S/C18H15NO3/c1-13-6-2-5-9-17(13)21-12-14-7-3-4-8-15(14)18(20)16-10-11-22-19-16/h2-11H,12H2,1H3. The Kier molecular flexibility index (Phi) is 4.01. The number of ether oxygens (including phenoxy) is 1. The molecule has 0 aliphatic carbocycles. The molecule has 0 amide bonds. The summed E-state index contributed by atoms with van der Waals surface area (Å²) < 4.78 is 10.6. The van der Waals surface area contributed by atoms with Crippen LogP contribution in [0.25, 0.3) is 0 Å². The Hall–Kier alpha value is -2.88. The Morgan fingerprint density at radius 3 is 2.64 bits per heavy atom. The summed E-state index contributed by atoms with van der Waals surface area (Å²) in [5.74, 6) is 0.643. The Balaban J connectivity index is 1.83. The molecule has 0 atom stereocenters. The van der Waals surface area contributed by atoms with Crippen molar-refractivity contribution in [3.63, 3.8) is 0 Å². The van der Waals surface area contributed by atoms with Crippen LogP contribution in [0.2, 0.25) is 0 Å². The van der Waals surface area contributed by atoms with Gasteiger partial charge < -0.3 is 9.26 Å². The maximum atomic E-state index is 12.4. The molecule has 0 saturated carbocycles. The molecule has 1 heterocycles. The summed E-state index contributed by atoms with van der Waals surface area (Å²) in [6, 6.07) is 16.7. The van der Waals surface area contributed by atoms with Gasteiger partial charge in [0, 0.05) is 17.2 Å². The number of carbonyl (C=O) groups excluding carboxylic acids is 1. The van der Waals surface area contributed by atoms with Gasteiger partial charge in [0.25, 0.3) is 0 Å². The van der Waals surface area contributed by atoms with E-state index < -0.39 is 0 Å². The minimum absolute atomic E-state index is 0.169. The van der Waals surface area contributed by atoms with Crippen molar-refractivity contribution < 1.29 is 14.1 Å². The fraction of sp³-hybridized carbons (Fsp3) is 0.111. The lowest BCUT2D eigenvalue weighted by Crippen LogP contribution is -2.08. The molecule has 0 radical (unpaired) electrons. The predicted octanol–water partition coefficient (Wildman–Crippen LogP) is 3.79. The molecule has 3 rings (SSSR count). The molecule has 0 aliphatic rings. The minimum atomic E-state index is -0.169. The number of carbonyl (C=O) groups is 1. The molecule has 3 aromatic rings. The van der Waals surface area contributed by atoms with E-state index in [4.69, 9.17) is 9.26 Å². The van der Waals surface area contributed by atoms with Gasteiger partial charge in [-0.25, -0.2) is 0 Å². The van der Waals surface area contributed by atoms with Crippen molar-refractivity contribution in [3.05, 3.63) is 83.2 Å². The molecule has 0 N–H and O–H groups in total. The zero-order valence-electron chi connectivity index (χ0n) is 12.2. The fourth-order valence-corrected chi connectivity index (χ4v) is 2.21. The lowest BCUT2D eigenvalue weighted by atomic mass is 10.0. The Morgan fingerprint density at radius 2 is 1.86 bits per heavy atom. The van der Waals surface area contributed by atoms with Crippen LogP contribution in [0.15, 0.2) is 65.4 Å². The first kappa shape index (κ1) is 14.1. The molecule has 4 nitrogen and oxygen atoms in total. The van der Waals surface area contributed by atoms with Crippen LogP contribution < -0.4 is 4.74 Å². The number of para-hydroxylation sites is 1. The maximum absolute atomic E-state index is 12.4. The summed E-state index contributed by atoms with van der Waals surface area (Å²) in [6.45, 7) is 2.31. The molecule has 4 heteroatoms. The lowest BCUT2D eigenvalue weighted by Gasteiger charge is -2.11. The first-order valence-electron chi connectivity index (χ1n) is 6.97. The number of rotatable bonds is 5. The minimum Gasteiger partial charge on any atom is -0.489 e. The summed E-state index contributed by atoms with van der Waals surface area (Å²) in [5.41, 5.74) is 2.75. The van der Waals surface area contributed by atoms with Crippen molar-refractivity contribution in [2.24, 2.45) is 0 Å². The molecule has 0 aliphatic heterocycles. The lowest BCUT2D eigenvalue weighted by molar-refractivity contribution is 0.102. The Bertz CT molecular complexity index is 779. The van der Waals surface area contributed by atoms with Gasteiger partial charge in [0.2, 0.25) is 5.78 Å². The van der Waals surface area contributed by atoms with E-state index in [2.05, 4.69) is 5.16 Å². The van der Waals surface area contributed by atoms with E-state index in [0.29, 0.717) is 17.9 Å². The maximum Gasteiger partial charge on any atom is 0.215 e. The van der Waals surface area contributed by atoms with Gasteiger partial charge in [-0.05, 0) is 18.6 Å². The van der Waals surface area contributed by atoms with Crippen LogP contribution in [0.5, 0.6) is 5.75 Å². The van der Waals surface area contributed by atoms with Crippen molar-refractivity contribution in [1.29, 1.82) is 0 Å². The fourth-order valence-electron chi connectivity index (χ4n) is 2.21. The first-order valence-corrected chi connectivity index (χ1v) is 6.97. The summed E-state index contributed by atoms with van der Waals surface area (Å²) >= 11 is 0. The third-order valence-corrected chi connectivity index (χ3v) is 3.41. The first-order chi connectivity index (χ1) is 10.8. The van der Waals surface area contributed by atoms with Gasteiger partial charge in [-0.1, -0.05) is 47.6 Å². The highest BCUT2D eigenvalue weighted by atomic mass is 16.5. The molecule has 0 unspecified atom stereocenters. The monoisotopic (exact) mass is 293 g/mol. The van der Waals surface area contributed by atoms with Crippen LogP contribution in [-0.2, 0) is 6.61 Å². The van der Waals surface area contributed by atoms with Crippen LogP contribution in [0.1, 0.15) is 27.2 Å². The summed E-state index contributed by atoms with van der Waals surface area (Å²) in [7, 11) is 0. The van der Waals surface area contributed by atoms with Gasteiger partial charge >= 0.3 is 0 Å². The molecular weight excluding hydrogens is 278 g/mol. The van der Waals surface area contributed by atoms with Crippen molar-refractivity contribution >= 4 is 5.78 Å². The van der Waals surface area contributed by atoms with E-state index in [-0.39, 0.29) is 5.78 Å². The van der Waals surface area contributed by atoms with Crippen molar-refractivity contribution in [1.82, 2.24) is 5.16 Å². The van der Waals surface area contributed by atoms with E-state index in [0.717, 1.165) is 16.9 Å². The average molecular weight is 293 g/mol. The smallest absolute Gasteiger partial charge is 0.215 e. The van der Waals surface area contributed by atoms with Crippen LogP contribution in [0.4, 0.5) is 0 Å². The largest absolute Gasteiger partial charge is 0.489 e. The molecular formula is C18H15NO3. The molecule has 2 aromatic carbocycles. The molecule has 0 bridgehead atoms. The number of aromatic nitrogens is 1. The average Bonchev–Trinajstić information content (AvgIpc) is 3.08. The number of aryl methyl sites for hydroxylation is 1. The summed E-state index contributed by atoms with van der Waals surface area (Å²) in [4.78, 5) is 12.4. The van der Waals surface area contributed by atoms with Gasteiger partial charge in [0.1, 0.15) is 18.6 Å². The third kappa shape index (κ3) is 2.91. The molecule has 0 saturated heterocycles. The second-order valence-electron chi connectivity index (χ2n) is 4.93. The zero-order chi connectivity index (χ0) is 15.4. The molecule has 0 fully saturated rings. The zero-order valence-corrected chi connectivity index (χ0v) is 12.2. The van der Waals surface area contributed by atoms with Crippen LogP contribution >= 0.6 is 0 Å². The Labute approximate surface area is 128 Å². The van der Waals surface area contributed by atoms with E-state index in [1.807, 2.05) is 49.4 Å². The van der Waals surface area contributed by atoms with Crippen molar-refractivity contribution in [2.45, 2.75) is 13.5 Å². The Morgan fingerprint density at radius 1 is 1.09 bits per heavy atom. The van der Waals surface area contributed by atoms with Gasteiger partial charge in [-0.15, -0.1) is 0 Å². The molecule has 1 aromatic heterocycles.